The lowest BCUT2D eigenvalue weighted by molar-refractivity contribution is -0.134. The number of nitrogens with two attached hydrogens (primary N) is 1. The molecule has 3 rings (SSSR count). The van der Waals surface area contributed by atoms with E-state index in [2.05, 4.69) is 0 Å². The molecule has 0 aromatic heterocycles. The number of aliphatic hydroxyl groups is 1. The summed E-state index contributed by atoms with van der Waals surface area (Å²) < 4.78 is 32.0. The van der Waals surface area contributed by atoms with Crippen LogP contribution < -0.4 is 10.5 Å². The Labute approximate surface area is 132 Å². The van der Waals surface area contributed by atoms with Crippen LogP contribution in [0.4, 0.5) is 0 Å². The van der Waals surface area contributed by atoms with Crippen LogP contribution in [0.25, 0.3) is 0 Å². The summed E-state index contributed by atoms with van der Waals surface area (Å²) in [5, 5.41) is 10.4. The highest BCUT2D eigenvalue weighted by atomic mass is 35.5. The fourth-order valence-electron chi connectivity index (χ4n) is 2.73. The van der Waals surface area contributed by atoms with Gasteiger partial charge in [-0.1, -0.05) is 11.6 Å². The minimum atomic E-state index is -3.93. The normalized spacial score (nSPS) is 25.0. The molecule has 2 aliphatic rings. The van der Waals surface area contributed by atoms with Gasteiger partial charge in [0.25, 0.3) is 5.91 Å². The van der Waals surface area contributed by atoms with Crippen molar-refractivity contribution in [2.75, 3.05) is 19.7 Å². The number of β-amino-alcohol motifs (C(OH)–C–C–N with tert-alkyl or cyclic N) is 1. The van der Waals surface area contributed by atoms with Crippen LogP contribution in [0.1, 0.15) is 12.0 Å². The summed E-state index contributed by atoms with van der Waals surface area (Å²) in [5.41, 5.74) is 4.03. The highest BCUT2D eigenvalue weighted by Gasteiger charge is 2.46. The van der Waals surface area contributed by atoms with Crippen molar-refractivity contribution in [1.82, 2.24) is 4.31 Å². The maximum absolute atomic E-state index is 12.8. The molecule has 9 heteroatoms. The third-order valence-corrected chi connectivity index (χ3v) is 6.07. The minimum absolute atomic E-state index is 0.00304. The largest absolute Gasteiger partial charge is 0.492 e. The van der Waals surface area contributed by atoms with Crippen molar-refractivity contribution in [1.29, 1.82) is 0 Å². The first-order valence-corrected chi connectivity index (χ1v) is 8.53. The summed E-state index contributed by atoms with van der Waals surface area (Å²) in [6, 6.07) is 3.00. The molecule has 0 unspecified atom stereocenters. The summed E-state index contributed by atoms with van der Waals surface area (Å²) in [6.07, 6.45) is 0.550. The van der Waals surface area contributed by atoms with Gasteiger partial charge in [0.1, 0.15) is 10.6 Å². The quantitative estimate of drug-likeness (QED) is 0.793. The summed E-state index contributed by atoms with van der Waals surface area (Å²) in [7, 11) is -3.93. The van der Waals surface area contributed by atoms with E-state index < -0.39 is 21.5 Å². The van der Waals surface area contributed by atoms with E-state index in [1.54, 1.807) is 6.07 Å². The van der Waals surface area contributed by atoms with Gasteiger partial charge in [0, 0.05) is 30.0 Å². The van der Waals surface area contributed by atoms with Crippen molar-refractivity contribution in [3.8, 4) is 5.75 Å². The highest BCUT2D eigenvalue weighted by Crippen LogP contribution is 2.38. The fourth-order valence-corrected chi connectivity index (χ4v) is 4.73. The number of hydrogen-bond acceptors (Lipinski definition) is 5. The van der Waals surface area contributed by atoms with Crippen LogP contribution in [0.15, 0.2) is 17.0 Å². The molecule has 1 atom stereocenters. The Hall–Kier alpha value is -1.35. The zero-order valence-corrected chi connectivity index (χ0v) is 13.2. The van der Waals surface area contributed by atoms with Crippen LogP contribution in [0, 0.1) is 0 Å². The van der Waals surface area contributed by atoms with Crippen molar-refractivity contribution < 1.29 is 23.1 Å². The molecule has 0 aliphatic carbocycles. The van der Waals surface area contributed by atoms with Gasteiger partial charge in [0.05, 0.1) is 13.2 Å². The SMILES string of the molecule is NC(=O)[C@@]1(O)CCN(S(=O)(=O)c2cc(Cl)cc3c2OCC3)C1. The molecule has 22 heavy (non-hydrogen) atoms. The van der Waals surface area contributed by atoms with Gasteiger partial charge in [0.15, 0.2) is 5.60 Å². The second-order valence-electron chi connectivity index (χ2n) is 5.48. The number of fused-ring (bicyclic) bond motifs is 1. The first-order chi connectivity index (χ1) is 10.2. The summed E-state index contributed by atoms with van der Waals surface area (Å²) >= 11 is 5.99. The lowest BCUT2D eigenvalue weighted by Gasteiger charge is -2.21. The van der Waals surface area contributed by atoms with Crippen molar-refractivity contribution >= 4 is 27.5 Å². The molecule has 1 fully saturated rings. The molecule has 7 nitrogen and oxygen atoms in total. The molecule has 1 saturated heterocycles. The second-order valence-corrected chi connectivity index (χ2v) is 7.82. The Morgan fingerprint density at radius 2 is 2.18 bits per heavy atom. The van der Waals surface area contributed by atoms with Crippen LogP contribution >= 0.6 is 11.6 Å². The van der Waals surface area contributed by atoms with Gasteiger partial charge in [-0.05, 0) is 12.1 Å². The average molecular weight is 347 g/mol. The molecule has 1 aromatic rings. The van der Waals surface area contributed by atoms with Gasteiger partial charge < -0.3 is 15.6 Å². The molecule has 0 bridgehead atoms. The van der Waals surface area contributed by atoms with Gasteiger partial charge in [-0.2, -0.15) is 4.31 Å². The number of halogens is 1. The molecule has 3 N–H and O–H groups in total. The Bertz CT molecular complexity index is 751. The summed E-state index contributed by atoms with van der Waals surface area (Å²) in [4.78, 5) is 11.2. The Kier molecular flexibility index (Phi) is 3.59. The predicted octanol–water partition coefficient (Wildman–Crippen LogP) is -0.114. The van der Waals surface area contributed by atoms with Crippen LogP contribution in [0.5, 0.6) is 5.75 Å². The van der Waals surface area contributed by atoms with E-state index in [-0.39, 0.29) is 24.4 Å². The molecule has 1 aromatic carbocycles. The zero-order valence-electron chi connectivity index (χ0n) is 11.6. The van der Waals surface area contributed by atoms with E-state index in [0.717, 1.165) is 9.87 Å². The van der Waals surface area contributed by atoms with Crippen molar-refractivity contribution in [2.24, 2.45) is 5.73 Å². The number of sulfonamides is 1. The second kappa shape index (κ2) is 5.09. The molecular weight excluding hydrogens is 332 g/mol. The average Bonchev–Trinajstić information content (AvgIpc) is 3.05. The van der Waals surface area contributed by atoms with E-state index in [0.29, 0.717) is 23.8 Å². The van der Waals surface area contributed by atoms with Crippen LogP contribution in [0.3, 0.4) is 0 Å². The van der Waals surface area contributed by atoms with Crippen LogP contribution in [0.2, 0.25) is 5.02 Å². The van der Waals surface area contributed by atoms with Crippen molar-refractivity contribution in [3.63, 3.8) is 0 Å². The lowest BCUT2D eigenvalue weighted by atomic mass is 10.0. The topological polar surface area (TPSA) is 110 Å². The molecule has 120 valence electrons. The van der Waals surface area contributed by atoms with Crippen molar-refractivity contribution in [3.05, 3.63) is 22.7 Å². The van der Waals surface area contributed by atoms with E-state index in [1.165, 1.54) is 6.07 Å². The maximum Gasteiger partial charge on any atom is 0.250 e. The summed E-state index contributed by atoms with van der Waals surface area (Å²) in [5.74, 6) is -0.642. The smallest absolute Gasteiger partial charge is 0.250 e. The van der Waals surface area contributed by atoms with E-state index in [9.17, 15) is 18.3 Å². The standard InChI is InChI=1S/C13H15ClN2O5S/c14-9-5-8-1-4-21-11(8)10(6-9)22(19,20)16-3-2-13(18,7-16)12(15)17/h5-6,18H,1-4,7H2,(H2,15,17)/t13-/m1/s1. The Balaban J connectivity index is 2.01. The number of benzene rings is 1. The third-order valence-electron chi connectivity index (χ3n) is 4.00. The third kappa shape index (κ3) is 2.36. The number of rotatable bonds is 3. The summed E-state index contributed by atoms with van der Waals surface area (Å²) in [6.45, 7) is 0.0262. The highest BCUT2D eigenvalue weighted by molar-refractivity contribution is 7.89. The first-order valence-electron chi connectivity index (χ1n) is 6.72. The van der Waals surface area contributed by atoms with E-state index in [1.807, 2.05) is 0 Å². The fraction of sp³-hybridized carbons (Fsp3) is 0.462. The number of amides is 1. The minimum Gasteiger partial charge on any atom is -0.492 e. The molecule has 0 saturated carbocycles. The predicted molar refractivity (Wildman–Crippen MR) is 78.2 cm³/mol. The van der Waals surface area contributed by atoms with Gasteiger partial charge in [-0.3, -0.25) is 4.79 Å². The van der Waals surface area contributed by atoms with Gasteiger partial charge in [-0.25, -0.2) is 8.42 Å². The van der Waals surface area contributed by atoms with Gasteiger partial charge in [-0.15, -0.1) is 0 Å². The lowest BCUT2D eigenvalue weighted by Crippen LogP contribution is -2.46. The number of carbonyl (C=O) groups excluding carboxylic acids is 1. The molecular formula is C13H15ClN2O5S. The molecule has 2 heterocycles. The van der Waals surface area contributed by atoms with Crippen LogP contribution in [-0.2, 0) is 21.2 Å². The molecule has 0 radical (unpaired) electrons. The van der Waals surface area contributed by atoms with Crippen molar-refractivity contribution in [2.45, 2.75) is 23.3 Å². The number of primary amides is 1. The molecule has 1 amide bonds. The number of hydrogen-bond donors (Lipinski definition) is 2. The van der Waals surface area contributed by atoms with E-state index >= 15 is 0 Å². The Morgan fingerprint density at radius 3 is 2.82 bits per heavy atom. The molecule has 2 aliphatic heterocycles. The number of carbonyl (C=O) groups is 1. The molecule has 0 spiro atoms. The van der Waals surface area contributed by atoms with Gasteiger partial charge in [0.2, 0.25) is 10.0 Å². The van der Waals surface area contributed by atoms with Gasteiger partial charge >= 0.3 is 0 Å². The first kappa shape index (κ1) is 15.5. The number of ether oxygens (including phenoxy) is 1. The van der Waals surface area contributed by atoms with E-state index in [4.69, 9.17) is 22.1 Å². The van der Waals surface area contributed by atoms with Crippen LogP contribution in [-0.4, -0.2) is 49.0 Å². The monoisotopic (exact) mass is 346 g/mol. The zero-order chi connectivity index (χ0) is 16.1. The Morgan fingerprint density at radius 1 is 1.45 bits per heavy atom. The number of nitrogens with zero attached hydrogens (tertiary/aromatic N) is 1. The maximum atomic E-state index is 12.8.